The van der Waals surface area contributed by atoms with Crippen LogP contribution in [-0.4, -0.2) is 29.6 Å². The van der Waals surface area contributed by atoms with Crippen LogP contribution in [0.1, 0.15) is 31.3 Å². The van der Waals surface area contributed by atoms with Crippen molar-refractivity contribution in [1.82, 2.24) is 15.5 Å². The monoisotopic (exact) mass is 496 g/mol. The fourth-order valence-corrected chi connectivity index (χ4v) is 4.57. The zero-order chi connectivity index (χ0) is 25.4. The van der Waals surface area contributed by atoms with Crippen molar-refractivity contribution >= 4 is 17.3 Å². The highest BCUT2D eigenvalue weighted by Gasteiger charge is 2.36. The number of anilines is 1. The minimum Gasteiger partial charge on any atom is -0.494 e. The first kappa shape index (κ1) is 22.7. The summed E-state index contributed by atoms with van der Waals surface area (Å²) >= 11 is 0. The number of carbonyl (C=O) groups is 1. The number of allylic oxidation sites excluding steroid dienone is 1. The molecule has 1 atom stereocenters. The number of rotatable bonds is 6. The van der Waals surface area contributed by atoms with Crippen molar-refractivity contribution in [2.24, 2.45) is 0 Å². The minimum atomic E-state index is -0.506. The van der Waals surface area contributed by atoms with Crippen LogP contribution >= 0.6 is 0 Å². The Labute approximate surface area is 213 Å². The molecule has 186 valence electrons. The van der Waals surface area contributed by atoms with Crippen molar-refractivity contribution in [3.63, 3.8) is 0 Å². The van der Waals surface area contributed by atoms with Crippen molar-refractivity contribution in [1.29, 1.82) is 0 Å². The highest BCUT2D eigenvalue weighted by Crippen LogP contribution is 2.40. The van der Waals surface area contributed by atoms with Gasteiger partial charge >= 0.3 is 6.03 Å². The molecule has 3 aromatic carbocycles. The molecule has 1 N–H and O–H groups in total. The van der Waals surface area contributed by atoms with E-state index in [1.54, 1.807) is 4.90 Å². The van der Waals surface area contributed by atoms with Gasteiger partial charge in [-0.3, -0.25) is 4.90 Å². The third-order valence-corrected chi connectivity index (χ3v) is 6.31. The summed E-state index contributed by atoms with van der Waals surface area (Å²) in [5, 5.41) is 7.36. The quantitative estimate of drug-likeness (QED) is 0.373. The van der Waals surface area contributed by atoms with Crippen molar-refractivity contribution in [2.75, 3.05) is 18.3 Å². The number of fused-ring (bicyclic) bond motifs is 1. The molecule has 4 aromatic rings. The van der Waals surface area contributed by atoms with E-state index in [4.69, 9.17) is 23.7 Å². The van der Waals surface area contributed by atoms with E-state index >= 15 is 0 Å². The Kier molecular flexibility index (Phi) is 5.72. The van der Waals surface area contributed by atoms with Crippen molar-refractivity contribution in [3.05, 3.63) is 89.9 Å². The van der Waals surface area contributed by atoms with Gasteiger partial charge in [-0.25, -0.2) is 4.79 Å². The van der Waals surface area contributed by atoms with Gasteiger partial charge < -0.3 is 24.1 Å². The Morgan fingerprint density at radius 2 is 1.81 bits per heavy atom. The van der Waals surface area contributed by atoms with E-state index in [1.165, 1.54) is 0 Å². The lowest BCUT2D eigenvalue weighted by Gasteiger charge is -2.35. The lowest BCUT2D eigenvalue weighted by Crippen LogP contribution is -2.46. The molecule has 0 saturated carbocycles. The van der Waals surface area contributed by atoms with Crippen LogP contribution in [0.3, 0.4) is 0 Å². The number of nitrogens with zero attached hydrogens (tertiary/aromatic N) is 3. The smallest absolute Gasteiger partial charge is 0.326 e. The molecule has 1 unspecified atom stereocenters. The van der Waals surface area contributed by atoms with Crippen LogP contribution in [0.2, 0.25) is 0 Å². The van der Waals surface area contributed by atoms with E-state index in [-0.39, 0.29) is 12.8 Å². The molecule has 0 radical (unpaired) electrons. The van der Waals surface area contributed by atoms with E-state index in [1.807, 2.05) is 86.6 Å². The molecule has 3 heterocycles. The molecule has 0 saturated heterocycles. The van der Waals surface area contributed by atoms with E-state index < -0.39 is 6.04 Å². The van der Waals surface area contributed by atoms with Crippen LogP contribution in [-0.2, 0) is 0 Å². The van der Waals surface area contributed by atoms with Crippen molar-refractivity contribution in [3.8, 4) is 28.6 Å². The van der Waals surface area contributed by atoms with Crippen LogP contribution in [0.4, 0.5) is 10.5 Å². The summed E-state index contributed by atoms with van der Waals surface area (Å²) in [7, 11) is 0. The first-order valence-electron chi connectivity index (χ1n) is 12.0. The topological polar surface area (TPSA) is 99.0 Å². The summed E-state index contributed by atoms with van der Waals surface area (Å²) < 4.78 is 22.3. The number of carbonyl (C=O) groups excluding carboxylic acids is 1. The first-order chi connectivity index (χ1) is 18.1. The number of nitrogens with one attached hydrogen (secondary N) is 1. The van der Waals surface area contributed by atoms with Gasteiger partial charge in [0, 0.05) is 11.3 Å². The Morgan fingerprint density at radius 3 is 2.59 bits per heavy atom. The van der Waals surface area contributed by atoms with Crippen molar-refractivity contribution < 1.29 is 23.5 Å². The van der Waals surface area contributed by atoms with Crippen LogP contribution in [0, 0.1) is 0 Å². The number of hydrogen-bond acceptors (Lipinski definition) is 7. The lowest BCUT2D eigenvalue weighted by atomic mass is 9.94. The van der Waals surface area contributed by atoms with E-state index in [2.05, 4.69) is 10.5 Å². The molecule has 6 rings (SSSR count). The van der Waals surface area contributed by atoms with Gasteiger partial charge in [0.1, 0.15) is 5.75 Å². The van der Waals surface area contributed by atoms with Gasteiger partial charge in [0.05, 0.1) is 23.9 Å². The SMILES string of the molecule is CCOc1ccc(C2NC(=O)N(c3ccccc3)C(C)=C2c2nc(-c3ccc4c(c3)OCO4)no2)cc1. The minimum absolute atomic E-state index is 0.182. The van der Waals surface area contributed by atoms with Gasteiger partial charge in [0.15, 0.2) is 11.5 Å². The molecular formula is C28H24N4O5. The number of ether oxygens (including phenoxy) is 3. The molecule has 9 nitrogen and oxygen atoms in total. The number of aromatic nitrogens is 2. The van der Waals surface area contributed by atoms with Crippen molar-refractivity contribution in [2.45, 2.75) is 19.9 Å². The molecular weight excluding hydrogens is 472 g/mol. The van der Waals surface area contributed by atoms with Gasteiger partial charge in [0.2, 0.25) is 12.6 Å². The molecule has 2 aliphatic heterocycles. The third-order valence-electron chi connectivity index (χ3n) is 6.31. The standard InChI is InChI=1S/C28H24N4O5/c1-3-34-21-12-9-18(10-13-21)25-24(17(2)32(28(33)29-25)20-7-5-4-6-8-20)27-30-26(31-37-27)19-11-14-22-23(15-19)36-16-35-22/h4-15,25H,3,16H2,1-2H3,(H,29,33). The largest absolute Gasteiger partial charge is 0.494 e. The zero-order valence-corrected chi connectivity index (χ0v) is 20.3. The molecule has 2 amide bonds. The van der Waals surface area contributed by atoms with Crippen LogP contribution in [0.25, 0.3) is 17.0 Å². The number of urea groups is 1. The summed E-state index contributed by atoms with van der Waals surface area (Å²) in [6, 6.07) is 21.8. The maximum atomic E-state index is 13.3. The normalized spacial score (nSPS) is 16.6. The van der Waals surface area contributed by atoms with E-state index in [0.29, 0.717) is 41.1 Å². The average Bonchev–Trinajstić information content (AvgIpc) is 3.59. The predicted octanol–water partition coefficient (Wildman–Crippen LogP) is 5.57. The second-order valence-electron chi connectivity index (χ2n) is 8.55. The summed E-state index contributed by atoms with van der Waals surface area (Å²) in [5.74, 6) is 2.78. The fraction of sp³-hybridized carbons (Fsp3) is 0.179. The number of para-hydroxylation sites is 1. The van der Waals surface area contributed by atoms with Gasteiger partial charge in [-0.05, 0) is 61.9 Å². The van der Waals surface area contributed by atoms with Gasteiger partial charge in [0.25, 0.3) is 5.89 Å². The molecule has 37 heavy (non-hydrogen) atoms. The Balaban J connectivity index is 1.44. The maximum Gasteiger partial charge on any atom is 0.326 e. The third kappa shape index (κ3) is 4.14. The Morgan fingerprint density at radius 1 is 1.03 bits per heavy atom. The lowest BCUT2D eigenvalue weighted by molar-refractivity contribution is 0.174. The summed E-state index contributed by atoms with van der Waals surface area (Å²) in [6.07, 6.45) is 0. The average molecular weight is 497 g/mol. The molecule has 0 aliphatic carbocycles. The number of amides is 2. The van der Waals surface area contributed by atoms with Crippen LogP contribution in [0.5, 0.6) is 17.2 Å². The highest BCUT2D eigenvalue weighted by atomic mass is 16.7. The maximum absolute atomic E-state index is 13.3. The molecule has 2 aliphatic rings. The van der Waals surface area contributed by atoms with Gasteiger partial charge in [-0.1, -0.05) is 35.5 Å². The summed E-state index contributed by atoms with van der Waals surface area (Å²) in [5.41, 5.74) is 3.72. The molecule has 0 spiro atoms. The summed E-state index contributed by atoms with van der Waals surface area (Å²) in [4.78, 5) is 19.7. The summed E-state index contributed by atoms with van der Waals surface area (Å²) in [6.45, 7) is 4.57. The highest BCUT2D eigenvalue weighted by molar-refractivity contribution is 6.01. The molecule has 1 aromatic heterocycles. The predicted molar refractivity (Wildman–Crippen MR) is 136 cm³/mol. The zero-order valence-electron chi connectivity index (χ0n) is 20.3. The fourth-order valence-electron chi connectivity index (χ4n) is 4.57. The number of hydrogen-bond donors (Lipinski definition) is 1. The second-order valence-corrected chi connectivity index (χ2v) is 8.55. The Bertz CT molecular complexity index is 1480. The van der Waals surface area contributed by atoms with E-state index in [0.717, 1.165) is 22.6 Å². The van der Waals surface area contributed by atoms with Gasteiger partial charge in [-0.2, -0.15) is 4.98 Å². The van der Waals surface area contributed by atoms with Crippen LogP contribution < -0.4 is 24.4 Å². The van der Waals surface area contributed by atoms with E-state index in [9.17, 15) is 4.79 Å². The number of benzene rings is 3. The Hall–Kier alpha value is -4.79. The first-order valence-corrected chi connectivity index (χ1v) is 12.0. The van der Waals surface area contributed by atoms with Gasteiger partial charge in [-0.15, -0.1) is 0 Å². The molecule has 9 heteroatoms. The molecule has 0 fully saturated rings. The second kappa shape index (κ2) is 9.34. The molecule has 0 bridgehead atoms. The van der Waals surface area contributed by atoms with Crippen LogP contribution in [0.15, 0.2) is 83.0 Å².